The lowest BCUT2D eigenvalue weighted by Crippen LogP contribution is -2.36. The summed E-state index contributed by atoms with van der Waals surface area (Å²) in [4.78, 5) is 31.3. The zero-order valence-corrected chi connectivity index (χ0v) is 23.2. The summed E-state index contributed by atoms with van der Waals surface area (Å²) in [5, 5.41) is 3.00. The molecule has 2 amide bonds. The number of aromatic nitrogens is 1. The minimum atomic E-state index is -1.28. The number of amides is 2. The molecule has 0 saturated heterocycles. The van der Waals surface area contributed by atoms with E-state index in [-0.39, 0.29) is 25.0 Å². The second-order valence-electron chi connectivity index (χ2n) is 9.77. The van der Waals surface area contributed by atoms with Gasteiger partial charge >= 0.3 is 6.09 Å². The maximum atomic E-state index is 12.9. The zero-order valence-electron chi connectivity index (χ0n) is 20.6. The van der Waals surface area contributed by atoms with Gasteiger partial charge in [-0.3, -0.25) is 9.78 Å². The number of pyridine rings is 1. The monoisotopic (exact) mass is 559 g/mol. The molecule has 3 rings (SSSR count). The summed E-state index contributed by atoms with van der Waals surface area (Å²) in [6.45, 7) is 8.63. The van der Waals surface area contributed by atoms with Crippen molar-refractivity contribution in [1.29, 1.82) is 0 Å². The molecule has 2 heterocycles. The molecule has 0 saturated carbocycles. The van der Waals surface area contributed by atoms with Crippen molar-refractivity contribution in [1.82, 2.24) is 15.2 Å². The van der Waals surface area contributed by atoms with Crippen molar-refractivity contribution in [2.45, 2.75) is 51.4 Å². The summed E-state index contributed by atoms with van der Waals surface area (Å²) < 4.78 is 12.3. The fraction of sp³-hybridized carbons (Fsp3) is 0.423. The average molecular weight is 561 g/mol. The first kappa shape index (κ1) is 27.1. The summed E-state index contributed by atoms with van der Waals surface area (Å²) >= 11 is 3.52. The fourth-order valence-corrected chi connectivity index (χ4v) is 4.71. The van der Waals surface area contributed by atoms with Crippen LogP contribution in [0.5, 0.6) is 0 Å². The van der Waals surface area contributed by atoms with Gasteiger partial charge in [0.1, 0.15) is 12.3 Å². The van der Waals surface area contributed by atoms with E-state index in [1.165, 1.54) is 0 Å². The Morgan fingerprint density at radius 1 is 1.17 bits per heavy atom. The molecule has 0 fully saturated rings. The van der Waals surface area contributed by atoms with Crippen LogP contribution < -0.4 is 5.32 Å². The average Bonchev–Trinajstić information content (AvgIpc) is 2.82. The van der Waals surface area contributed by atoms with E-state index in [1.807, 2.05) is 48.5 Å². The number of ether oxygens (including phenoxy) is 2. The number of nitrogens with zero attached hydrogens (tertiary/aromatic N) is 2. The molecule has 0 spiro atoms. The van der Waals surface area contributed by atoms with Crippen LogP contribution in [0.2, 0.25) is 25.7 Å². The number of carbonyl (C=O) groups is 2. The highest BCUT2D eigenvalue weighted by Gasteiger charge is 2.23. The second kappa shape index (κ2) is 13.0. The third-order valence-electron chi connectivity index (χ3n) is 5.62. The van der Waals surface area contributed by atoms with Crippen LogP contribution in [-0.4, -0.2) is 49.7 Å². The Hall–Kier alpha value is -2.49. The van der Waals surface area contributed by atoms with E-state index in [0.29, 0.717) is 31.8 Å². The lowest BCUT2D eigenvalue weighted by Gasteiger charge is -2.26. The van der Waals surface area contributed by atoms with E-state index in [0.717, 1.165) is 21.7 Å². The van der Waals surface area contributed by atoms with Gasteiger partial charge in [-0.25, -0.2) is 4.79 Å². The van der Waals surface area contributed by atoms with Gasteiger partial charge in [0.05, 0.1) is 0 Å². The number of hydrogen-bond acceptors (Lipinski definition) is 5. The highest BCUT2D eigenvalue weighted by molar-refractivity contribution is 9.10. The number of carbonyl (C=O) groups excluding carboxylic acids is 2. The predicted octanol–water partition coefficient (Wildman–Crippen LogP) is 5.67. The molecule has 9 heteroatoms. The fourth-order valence-electron chi connectivity index (χ4n) is 3.51. The molecule has 1 aliphatic heterocycles. The first-order chi connectivity index (χ1) is 16.7. The minimum Gasteiger partial charge on any atom is -0.445 e. The second-order valence-corrected chi connectivity index (χ2v) is 16.3. The largest absolute Gasteiger partial charge is 0.445 e. The number of rotatable bonds is 10. The quantitative estimate of drug-likeness (QED) is 0.230. The summed E-state index contributed by atoms with van der Waals surface area (Å²) in [5.74, 6) is -0.132. The van der Waals surface area contributed by atoms with Crippen LogP contribution in [0.1, 0.15) is 30.3 Å². The van der Waals surface area contributed by atoms with Gasteiger partial charge in [-0.1, -0.05) is 61.6 Å². The first-order valence-electron chi connectivity index (χ1n) is 11.9. The summed E-state index contributed by atoms with van der Waals surface area (Å²) in [5.41, 5.74) is 2.60. The van der Waals surface area contributed by atoms with E-state index in [1.54, 1.807) is 11.1 Å². The van der Waals surface area contributed by atoms with E-state index in [9.17, 15) is 9.59 Å². The van der Waals surface area contributed by atoms with Crippen LogP contribution in [0.15, 0.2) is 64.8 Å². The van der Waals surface area contributed by atoms with Crippen LogP contribution in [-0.2, 0) is 20.9 Å². The Morgan fingerprint density at radius 2 is 1.94 bits per heavy atom. The van der Waals surface area contributed by atoms with Gasteiger partial charge in [0.15, 0.2) is 6.23 Å². The Kier molecular flexibility index (Phi) is 10.1. The SMILES string of the molecule is C[Si](C)(C)CCOC(NC(=O)CC1=CCN(C(=O)OCc2ccccc2)CC1)c1ncccc1Br. The van der Waals surface area contributed by atoms with E-state index in [4.69, 9.17) is 9.47 Å². The normalized spacial score (nSPS) is 14.7. The topological polar surface area (TPSA) is 80.8 Å². The molecule has 2 aromatic rings. The Morgan fingerprint density at radius 3 is 2.60 bits per heavy atom. The lowest BCUT2D eigenvalue weighted by atomic mass is 10.0. The van der Waals surface area contributed by atoms with Crippen molar-refractivity contribution < 1.29 is 19.1 Å². The van der Waals surface area contributed by atoms with Gasteiger partial charge in [-0.2, -0.15) is 0 Å². The van der Waals surface area contributed by atoms with Crippen LogP contribution in [0.3, 0.4) is 0 Å². The Bertz CT molecular complexity index is 1030. The summed E-state index contributed by atoms with van der Waals surface area (Å²) in [7, 11) is -1.28. The van der Waals surface area contributed by atoms with Crippen LogP contribution in [0.4, 0.5) is 4.79 Å². The molecule has 1 unspecified atom stereocenters. The molecule has 1 aliphatic rings. The van der Waals surface area contributed by atoms with Gasteiger partial charge in [0.2, 0.25) is 5.91 Å². The van der Waals surface area contributed by atoms with Crippen molar-refractivity contribution in [2.75, 3.05) is 19.7 Å². The van der Waals surface area contributed by atoms with Gasteiger partial charge < -0.3 is 19.7 Å². The number of benzene rings is 1. The standard InChI is InChI=1S/C26H34BrN3O4Si/c1-35(2,3)17-16-33-25(24-22(27)10-7-13-28-24)29-23(31)18-20-11-14-30(15-12-20)26(32)34-19-21-8-5-4-6-9-21/h4-11,13,25H,12,14-19H2,1-3H3,(H,29,31). The van der Waals surface area contributed by atoms with Crippen LogP contribution >= 0.6 is 15.9 Å². The molecule has 188 valence electrons. The third kappa shape index (κ3) is 9.23. The molecule has 1 aromatic heterocycles. The van der Waals surface area contributed by atoms with E-state index >= 15 is 0 Å². The third-order valence-corrected chi connectivity index (χ3v) is 7.99. The molecule has 0 radical (unpaired) electrons. The summed E-state index contributed by atoms with van der Waals surface area (Å²) in [6.07, 6.45) is 3.54. The molecule has 0 bridgehead atoms. The van der Waals surface area contributed by atoms with Crippen LogP contribution in [0.25, 0.3) is 0 Å². The minimum absolute atomic E-state index is 0.132. The molecule has 35 heavy (non-hydrogen) atoms. The smallest absolute Gasteiger partial charge is 0.410 e. The van der Waals surface area contributed by atoms with Crippen molar-refractivity contribution in [3.63, 3.8) is 0 Å². The van der Waals surface area contributed by atoms with E-state index < -0.39 is 14.3 Å². The molecule has 1 N–H and O–H groups in total. The van der Waals surface area contributed by atoms with Gasteiger partial charge in [0, 0.05) is 44.9 Å². The lowest BCUT2D eigenvalue weighted by molar-refractivity contribution is -0.125. The molecule has 1 atom stereocenters. The highest BCUT2D eigenvalue weighted by Crippen LogP contribution is 2.24. The summed E-state index contributed by atoms with van der Waals surface area (Å²) in [6, 6.07) is 14.3. The van der Waals surface area contributed by atoms with Crippen molar-refractivity contribution in [3.05, 3.63) is 76.0 Å². The molecule has 7 nitrogen and oxygen atoms in total. The molecule has 0 aliphatic carbocycles. The van der Waals surface area contributed by atoms with Crippen molar-refractivity contribution in [3.8, 4) is 0 Å². The maximum absolute atomic E-state index is 12.9. The predicted molar refractivity (Wildman–Crippen MR) is 142 cm³/mol. The van der Waals surface area contributed by atoms with E-state index in [2.05, 4.69) is 45.9 Å². The molecular weight excluding hydrogens is 526 g/mol. The first-order valence-corrected chi connectivity index (χ1v) is 16.4. The van der Waals surface area contributed by atoms with Gasteiger partial charge in [0.25, 0.3) is 0 Å². The molecule has 1 aromatic carbocycles. The van der Waals surface area contributed by atoms with Crippen molar-refractivity contribution in [2.24, 2.45) is 0 Å². The van der Waals surface area contributed by atoms with Crippen molar-refractivity contribution >= 4 is 36.0 Å². The number of nitrogens with one attached hydrogen (secondary N) is 1. The van der Waals surface area contributed by atoms with Gasteiger partial charge in [-0.05, 0) is 46.1 Å². The zero-order chi connectivity index (χ0) is 25.3. The number of hydrogen-bond donors (Lipinski definition) is 1. The maximum Gasteiger partial charge on any atom is 0.410 e. The molecular formula is C26H34BrN3O4Si. The van der Waals surface area contributed by atoms with Gasteiger partial charge in [-0.15, -0.1) is 0 Å². The Balaban J connectivity index is 1.52. The Labute approximate surface area is 217 Å². The van der Waals surface area contributed by atoms with Crippen LogP contribution in [0, 0.1) is 0 Å². The highest BCUT2D eigenvalue weighted by atomic mass is 79.9. The number of halogens is 1.